The minimum atomic E-state index is 0.870. The SMILES string of the molecule is c1ccc2c(c1)cc(-c1ccc(-c3ccc(N(c4ccc5c(c4)oc4c6ccccc6ccc54)c4cc5ccccc5c5ccccc45)cc3)cc1)c1ccccc12. The molecule has 58 heavy (non-hydrogen) atoms. The molecule has 0 saturated carbocycles. The first kappa shape index (κ1) is 32.6. The van der Waals surface area contributed by atoms with Gasteiger partial charge in [-0.2, -0.15) is 0 Å². The van der Waals surface area contributed by atoms with Gasteiger partial charge in [0.2, 0.25) is 0 Å². The van der Waals surface area contributed by atoms with Crippen LogP contribution < -0.4 is 4.90 Å². The van der Waals surface area contributed by atoms with E-state index >= 15 is 0 Å². The summed E-state index contributed by atoms with van der Waals surface area (Å²) in [6.07, 6.45) is 0. The van der Waals surface area contributed by atoms with Crippen molar-refractivity contribution in [3.8, 4) is 22.3 Å². The molecular weight excluding hydrogens is 703 g/mol. The van der Waals surface area contributed by atoms with Gasteiger partial charge in [0.05, 0.1) is 5.69 Å². The Bertz CT molecular complexity index is 3560. The monoisotopic (exact) mass is 737 g/mol. The summed E-state index contributed by atoms with van der Waals surface area (Å²) in [5, 5.41) is 14.5. The minimum Gasteiger partial charge on any atom is -0.455 e. The second-order valence-corrected chi connectivity index (χ2v) is 15.3. The third-order valence-electron chi connectivity index (χ3n) is 12.0. The second-order valence-electron chi connectivity index (χ2n) is 15.3. The highest BCUT2D eigenvalue weighted by atomic mass is 16.3. The van der Waals surface area contributed by atoms with Crippen molar-refractivity contribution in [3.63, 3.8) is 0 Å². The Morgan fingerprint density at radius 3 is 1.50 bits per heavy atom. The van der Waals surface area contributed by atoms with E-state index in [0.29, 0.717) is 0 Å². The van der Waals surface area contributed by atoms with Gasteiger partial charge in [-0.15, -0.1) is 0 Å². The van der Waals surface area contributed by atoms with Gasteiger partial charge in [-0.3, -0.25) is 0 Å². The number of fused-ring (bicyclic) bond motifs is 11. The zero-order valence-electron chi connectivity index (χ0n) is 31.6. The normalized spacial score (nSPS) is 11.8. The first-order valence-electron chi connectivity index (χ1n) is 19.9. The van der Waals surface area contributed by atoms with Crippen LogP contribution in [0.25, 0.3) is 98.1 Å². The van der Waals surface area contributed by atoms with Crippen LogP contribution in [-0.2, 0) is 0 Å². The molecule has 0 amide bonds. The first-order chi connectivity index (χ1) is 28.7. The maximum Gasteiger partial charge on any atom is 0.143 e. The van der Waals surface area contributed by atoms with Crippen molar-refractivity contribution in [2.45, 2.75) is 0 Å². The third kappa shape index (κ3) is 5.12. The van der Waals surface area contributed by atoms with E-state index in [1.807, 2.05) is 0 Å². The summed E-state index contributed by atoms with van der Waals surface area (Å²) in [7, 11) is 0. The lowest BCUT2D eigenvalue weighted by atomic mass is 9.92. The maximum atomic E-state index is 6.72. The molecule has 0 radical (unpaired) electrons. The number of nitrogens with zero attached hydrogens (tertiary/aromatic N) is 1. The molecule has 0 spiro atoms. The molecule has 0 bridgehead atoms. The van der Waals surface area contributed by atoms with E-state index in [9.17, 15) is 0 Å². The molecule has 1 heterocycles. The summed E-state index contributed by atoms with van der Waals surface area (Å²) in [5.41, 5.74) is 9.85. The average Bonchev–Trinajstić information content (AvgIpc) is 3.68. The van der Waals surface area contributed by atoms with Gasteiger partial charge in [-0.05, 0) is 108 Å². The summed E-state index contributed by atoms with van der Waals surface area (Å²) in [4.78, 5) is 2.39. The Kier molecular flexibility index (Phi) is 7.26. The zero-order chi connectivity index (χ0) is 38.2. The van der Waals surface area contributed by atoms with Crippen LogP contribution in [0.1, 0.15) is 0 Å². The molecule has 12 aromatic rings. The second kappa shape index (κ2) is 12.9. The Morgan fingerprint density at radius 1 is 0.293 bits per heavy atom. The van der Waals surface area contributed by atoms with Gasteiger partial charge in [0.25, 0.3) is 0 Å². The molecule has 0 aliphatic rings. The van der Waals surface area contributed by atoms with E-state index in [-0.39, 0.29) is 0 Å². The molecule has 0 N–H and O–H groups in total. The van der Waals surface area contributed by atoms with Crippen LogP contribution in [0.15, 0.2) is 217 Å². The average molecular weight is 738 g/mol. The fourth-order valence-corrected chi connectivity index (χ4v) is 9.22. The number of hydrogen-bond donors (Lipinski definition) is 0. The lowest BCUT2D eigenvalue weighted by Gasteiger charge is -2.27. The van der Waals surface area contributed by atoms with Crippen molar-refractivity contribution < 1.29 is 4.42 Å². The molecular formula is C56H35NO. The quantitative estimate of drug-likeness (QED) is 0.164. The number of furan rings is 1. The molecule has 0 saturated heterocycles. The van der Waals surface area contributed by atoms with Crippen LogP contribution in [0.5, 0.6) is 0 Å². The van der Waals surface area contributed by atoms with Crippen molar-refractivity contribution in [1.29, 1.82) is 0 Å². The minimum absolute atomic E-state index is 0.870. The Hall–Kier alpha value is -7.68. The van der Waals surface area contributed by atoms with E-state index in [1.54, 1.807) is 0 Å². The molecule has 0 aliphatic carbocycles. The smallest absolute Gasteiger partial charge is 0.143 e. The van der Waals surface area contributed by atoms with Crippen LogP contribution in [0.2, 0.25) is 0 Å². The Morgan fingerprint density at radius 2 is 0.793 bits per heavy atom. The molecule has 0 aliphatic heterocycles. The fraction of sp³-hybridized carbons (Fsp3) is 0. The van der Waals surface area contributed by atoms with E-state index < -0.39 is 0 Å². The predicted octanol–water partition coefficient (Wildman–Crippen LogP) is 16.2. The van der Waals surface area contributed by atoms with E-state index in [1.165, 1.54) is 70.7 Å². The van der Waals surface area contributed by atoms with E-state index in [2.05, 4.69) is 217 Å². The molecule has 12 rings (SSSR count). The molecule has 2 nitrogen and oxygen atoms in total. The summed E-state index contributed by atoms with van der Waals surface area (Å²) < 4.78 is 6.72. The van der Waals surface area contributed by atoms with E-state index in [0.717, 1.165) is 44.4 Å². The van der Waals surface area contributed by atoms with Crippen LogP contribution in [0.4, 0.5) is 17.1 Å². The summed E-state index contributed by atoms with van der Waals surface area (Å²) in [6, 6.07) is 77.0. The van der Waals surface area contributed by atoms with Gasteiger partial charge in [-0.25, -0.2) is 0 Å². The Labute approximate surface area is 335 Å². The van der Waals surface area contributed by atoms with Crippen LogP contribution in [0, 0.1) is 0 Å². The van der Waals surface area contributed by atoms with Crippen molar-refractivity contribution in [2.75, 3.05) is 4.90 Å². The number of benzene rings is 11. The topological polar surface area (TPSA) is 16.4 Å². The predicted molar refractivity (Wildman–Crippen MR) is 247 cm³/mol. The summed E-state index contributed by atoms with van der Waals surface area (Å²) in [6.45, 7) is 0. The van der Waals surface area contributed by atoms with Gasteiger partial charge in [-0.1, -0.05) is 164 Å². The van der Waals surface area contributed by atoms with Crippen LogP contribution in [0.3, 0.4) is 0 Å². The lowest BCUT2D eigenvalue weighted by molar-refractivity contribution is 0.672. The number of anilines is 3. The number of rotatable bonds is 5. The summed E-state index contributed by atoms with van der Waals surface area (Å²) in [5.74, 6) is 0. The summed E-state index contributed by atoms with van der Waals surface area (Å²) >= 11 is 0. The first-order valence-corrected chi connectivity index (χ1v) is 19.9. The molecule has 11 aromatic carbocycles. The van der Waals surface area contributed by atoms with Crippen molar-refractivity contribution in [3.05, 3.63) is 212 Å². The van der Waals surface area contributed by atoms with Crippen molar-refractivity contribution in [2.24, 2.45) is 0 Å². The Balaban J connectivity index is 0.985. The largest absolute Gasteiger partial charge is 0.455 e. The van der Waals surface area contributed by atoms with Gasteiger partial charge in [0, 0.05) is 39.0 Å². The van der Waals surface area contributed by atoms with Crippen molar-refractivity contribution in [1.82, 2.24) is 0 Å². The molecule has 0 atom stereocenters. The molecule has 1 aromatic heterocycles. The molecule has 2 heteroatoms. The molecule has 0 fully saturated rings. The highest BCUT2D eigenvalue weighted by Crippen LogP contribution is 2.45. The molecule has 0 unspecified atom stereocenters. The van der Waals surface area contributed by atoms with Gasteiger partial charge < -0.3 is 9.32 Å². The van der Waals surface area contributed by atoms with Gasteiger partial charge in [0.1, 0.15) is 11.2 Å². The lowest BCUT2D eigenvalue weighted by Crippen LogP contribution is -2.10. The maximum absolute atomic E-state index is 6.72. The van der Waals surface area contributed by atoms with Gasteiger partial charge >= 0.3 is 0 Å². The van der Waals surface area contributed by atoms with Crippen LogP contribution >= 0.6 is 0 Å². The standard InChI is InChI=1S/C56H35NO/c1-6-16-46-38(11-1)27-31-52-51-32-30-43(35-55(51)58-56(46)52)57(54-34-41-13-3-5-15-45(41)48-18-9-10-20-50(48)54)42-28-25-37(26-29-42)36-21-23-39(24-22-36)53-33-40-12-2-4-14-44(40)47-17-7-8-19-49(47)53/h1-35H. The zero-order valence-corrected chi connectivity index (χ0v) is 31.6. The van der Waals surface area contributed by atoms with Crippen LogP contribution in [-0.4, -0.2) is 0 Å². The molecule has 270 valence electrons. The van der Waals surface area contributed by atoms with E-state index in [4.69, 9.17) is 4.42 Å². The van der Waals surface area contributed by atoms with Gasteiger partial charge in [0.15, 0.2) is 0 Å². The fourth-order valence-electron chi connectivity index (χ4n) is 9.22. The third-order valence-corrected chi connectivity index (χ3v) is 12.0. The highest BCUT2D eigenvalue weighted by molar-refractivity contribution is 6.17. The number of hydrogen-bond acceptors (Lipinski definition) is 2. The van der Waals surface area contributed by atoms with Crippen molar-refractivity contribution >= 4 is 92.9 Å². The highest BCUT2D eigenvalue weighted by Gasteiger charge is 2.20.